The molecule has 38 heavy (non-hydrogen) atoms. The second-order valence-corrected chi connectivity index (χ2v) is 12.2. The highest BCUT2D eigenvalue weighted by atomic mass is 14.4. The molecule has 0 fully saturated rings. The van der Waals surface area contributed by atoms with Crippen LogP contribution in [0.4, 0.5) is 0 Å². The molecule has 0 radical (unpaired) electrons. The quantitative estimate of drug-likeness (QED) is 0.203. The zero-order valence-corrected chi connectivity index (χ0v) is 22.4. The van der Waals surface area contributed by atoms with Gasteiger partial charge in [0.1, 0.15) is 0 Å². The fourth-order valence-corrected chi connectivity index (χ4v) is 7.55. The molecule has 8 rings (SSSR count). The maximum Gasteiger partial charge on any atom is 0.0165 e. The summed E-state index contributed by atoms with van der Waals surface area (Å²) in [6, 6.07) is 41.1. The molecule has 0 unspecified atom stereocenters. The van der Waals surface area contributed by atoms with Crippen molar-refractivity contribution in [1.82, 2.24) is 0 Å². The molecule has 6 aromatic rings. The van der Waals surface area contributed by atoms with Crippen LogP contribution in [0.25, 0.3) is 54.9 Å². The van der Waals surface area contributed by atoms with E-state index in [1.165, 1.54) is 77.2 Å². The van der Waals surface area contributed by atoms with E-state index in [1.54, 1.807) is 0 Å². The Labute approximate surface area is 224 Å². The smallest absolute Gasteiger partial charge is 0.0165 e. The molecule has 0 N–H and O–H groups in total. The van der Waals surface area contributed by atoms with Crippen molar-refractivity contribution in [2.45, 2.75) is 38.5 Å². The van der Waals surface area contributed by atoms with Crippen LogP contribution in [0.2, 0.25) is 0 Å². The van der Waals surface area contributed by atoms with E-state index in [1.807, 2.05) is 0 Å². The van der Waals surface area contributed by atoms with Crippen LogP contribution in [0.1, 0.15) is 49.9 Å². The van der Waals surface area contributed by atoms with Crippen LogP contribution in [0.5, 0.6) is 0 Å². The van der Waals surface area contributed by atoms with Crippen molar-refractivity contribution in [2.24, 2.45) is 0 Å². The Balaban J connectivity index is 1.35. The van der Waals surface area contributed by atoms with Gasteiger partial charge in [0.2, 0.25) is 0 Å². The van der Waals surface area contributed by atoms with Gasteiger partial charge < -0.3 is 0 Å². The molecular weight excluding hydrogens is 456 g/mol. The monoisotopic (exact) mass is 486 g/mol. The van der Waals surface area contributed by atoms with Gasteiger partial charge >= 0.3 is 0 Å². The summed E-state index contributed by atoms with van der Waals surface area (Å²) in [6.45, 7) is 9.54. The maximum absolute atomic E-state index is 2.47. The van der Waals surface area contributed by atoms with E-state index in [-0.39, 0.29) is 10.8 Å². The fraction of sp³-hybridized carbons (Fsp3) is 0.158. The standard InChI is InChI=1S/C38H30/c1-37(2)32-16-10-9-13-27(32)28-19-17-23(21-33(28)37)24-18-20-31-34(22-24)38(3,4)36-30-15-8-6-12-26(30)25-11-5-7-14-29(25)35(31)36/h5-22H,1-4H3. The van der Waals surface area contributed by atoms with Gasteiger partial charge in [-0.25, -0.2) is 0 Å². The lowest BCUT2D eigenvalue weighted by atomic mass is 9.78. The minimum absolute atomic E-state index is 0.00595. The molecule has 0 saturated heterocycles. The lowest BCUT2D eigenvalue weighted by molar-refractivity contribution is 0.660. The molecule has 0 amide bonds. The Hall–Kier alpha value is -4.16. The maximum atomic E-state index is 2.47. The highest BCUT2D eigenvalue weighted by Gasteiger charge is 2.39. The molecule has 0 saturated carbocycles. The Kier molecular flexibility index (Phi) is 4.17. The van der Waals surface area contributed by atoms with Crippen molar-refractivity contribution >= 4 is 21.5 Å². The number of hydrogen-bond acceptors (Lipinski definition) is 0. The summed E-state index contributed by atoms with van der Waals surface area (Å²) in [5.41, 5.74) is 13.8. The third kappa shape index (κ3) is 2.65. The largest absolute Gasteiger partial charge is 0.0619 e. The second-order valence-electron chi connectivity index (χ2n) is 12.2. The first kappa shape index (κ1) is 21.9. The molecule has 2 aliphatic carbocycles. The van der Waals surface area contributed by atoms with Crippen LogP contribution in [0.15, 0.2) is 109 Å². The van der Waals surface area contributed by atoms with Gasteiger partial charge in [-0.05, 0) is 89.3 Å². The van der Waals surface area contributed by atoms with Crippen LogP contribution in [-0.2, 0) is 10.8 Å². The molecule has 0 nitrogen and oxygen atoms in total. The average Bonchev–Trinajstić information content (AvgIpc) is 3.33. The van der Waals surface area contributed by atoms with E-state index < -0.39 is 0 Å². The summed E-state index contributed by atoms with van der Waals surface area (Å²) >= 11 is 0. The Morgan fingerprint density at radius 2 is 0.895 bits per heavy atom. The van der Waals surface area contributed by atoms with Gasteiger partial charge in [-0.2, -0.15) is 0 Å². The Morgan fingerprint density at radius 1 is 0.395 bits per heavy atom. The van der Waals surface area contributed by atoms with Gasteiger partial charge in [0.05, 0.1) is 0 Å². The van der Waals surface area contributed by atoms with Gasteiger partial charge in [0, 0.05) is 10.8 Å². The summed E-state index contributed by atoms with van der Waals surface area (Å²) in [5.74, 6) is 0. The normalized spacial score (nSPS) is 15.8. The molecule has 0 aromatic heterocycles. The fourth-order valence-electron chi connectivity index (χ4n) is 7.55. The zero-order chi connectivity index (χ0) is 25.8. The zero-order valence-electron chi connectivity index (χ0n) is 22.4. The average molecular weight is 487 g/mol. The van der Waals surface area contributed by atoms with E-state index in [0.717, 1.165) is 0 Å². The van der Waals surface area contributed by atoms with Crippen molar-refractivity contribution in [3.05, 3.63) is 131 Å². The van der Waals surface area contributed by atoms with E-state index in [4.69, 9.17) is 0 Å². The van der Waals surface area contributed by atoms with Crippen LogP contribution >= 0.6 is 0 Å². The van der Waals surface area contributed by atoms with Crippen molar-refractivity contribution in [3.8, 4) is 33.4 Å². The van der Waals surface area contributed by atoms with Gasteiger partial charge in [-0.15, -0.1) is 0 Å². The Bertz CT molecular complexity index is 1970. The highest BCUT2D eigenvalue weighted by Crippen LogP contribution is 2.55. The predicted octanol–water partition coefficient (Wildman–Crippen LogP) is 10.3. The molecule has 0 aliphatic heterocycles. The minimum atomic E-state index is -0.0868. The summed E-state index contributed by atoms with van der Waals surface area (Å²) in [6.07, 6.45) is 0. The van der Waals surface area contributed by atoms with Crippen molar-refractivity contribution in [2.75, 3.05) is 0 Å². The SMILES string of the molecule is CC1(C)c2ccccc2-c2ccc(-c3ccc4c(c3)C(C)(C)c3c-4c4ccccc4c4ccccc34)cc21. The van der Waals surface area contributed by atoms with Crippen LogP contribution < -0.4 is 0 Å². The van der Waals surface area contributed by atoms with Gasteiger partial charge in [0.25, 0.3) is 0 Å². The van der Waals surface area contributed by atoms with Crippen molar-refractivity contribution in [3.63, 3.8) is 0 Å². The summed E-state index contributed by atoms with van der Waals surface area (Å²) in [5, 5.41) is 5.43. The van der Waals surface area contributed by atoms with Crippen molar-refractivity contribution < 1.29 is 0 Å². The minimum Gasteiger partial charge on any atom is -0.0619 e. The molecule has 6 aromatic carbocycles. The number of benzene rings is 6. The first-order valence-electron chi connectivity index (χ1n) is 13.7. The summed E-state index contributed by atoms with van der Waals surface area (Å²) in [4.78, 5) is 0. The van der Waals surface area contributed by atoms with Crippen LogP contribution in [-0.4, -0.2) is 0 Å². The number of hydrogen-bond donors (Lipinski definition) is 0. The van der Waals surface area contributed by atoms with E-state index in [9.17, 15) is 0 Å². The van der Waals surface area contributed by atoms with Crippen LogP contribution in [0.3, 0.4) is 0 Å². The topological polar surface area (TPSA) is 0 Å². The van der Waals surface area contributed by atoms with E-state index >= 15 is 0 Å². The molecule has 0 heterocycles. The molecular formula is C38H30. The molecule has 0 bridgehead atoms. The first-order chi connectivity index (χ1) is 18.4. The molecule has 182 valence electrons. The molecule has 0 spiro atoms. The van der Waals surface area contributed by atoms with Gasteiger partial charge in [-0.3, -0.25) is 0 Å². The molecule has 0 heteroatoms. The van der Waals surface area contributed by atoms with Gasteiger partial charge in [0.15, 0.2) is 0 Å². The lowest BCUT2D eigenvalue weighted by Gasteiger charge is -2.24. The number of fused-ring (bicyclic) bond motifs is 11. The lowest BCUT2D eigenvalue weighted by Crippen LogP contribution is -2.16. The van der Waals surface area contributed by atoms with Crippen molar-refractivity contribution in [1.29, 1.82) is 0 Å². The summed E-state index contributed by atoms with van der Waals surface area (Å²) < 4.78 is 0. The third-order valence-corrected chi connectivity index (χ3v) is 9.44. The second kappa shape index (κ2) is 7.23. The number of rotatable bonds is 1. The molecule has 2 aliphatic rings. The van der Waals surface area contributed by atoms with E-state index in [2.05, 4.69) is 137 Å². The highest BCUT2D eigenvalue weighted by molar-refractivity contribution is 6.18. The predicted molar refractivity (Wildman–Crippen MR) is 162 cm³/mol. The molecule has 0 atom stereocenters. The van der Waals surface area contributed by atoms with Gasteiger partial charge in [-0.1, -0.05) is 125 Å². The van der Waals surface area contributed by atoms with E-state index in [0.29, 0.717) is 0 Å². The third-order valence-electron chi connectivity index (χ3n) is 9.44. The first-order valence-corrected chi connectivity index (χ1v) is 13.7. The Morgan fingerprint density at radius 3 is 1.61 bits per heavy atom. The summed E-state index contributed by atoms with van der Waals surface area (Å²) in [7, 11) is 0. The van der Waals surface area contributed by atoms with Crippen LogP contribution in [0, 0.1) is 0 Å².